The Bertz CT molecular complexity index is 920. The second kappa shape index (κ2) is 12.8. The molecule has 0 saturated heterocycles. The first-order valence-electron chi connectivity index (χ1n) is 17.8. The summed E-state index contributed by atoms with van der Waals surface area (Å²) >= 11 is 0. The predicted molar refractivity (Wildman–Crippen MR) is 175 cm³/mol. The summed E-state index contributed by atoms with van der Waals surface area (Å²) in [6.07, 6.45) is 14.0. The van der Waals surface area contributed by atoms with Gasteiger partial charge in [0.15, 0.2) is 0 Å². The highest BCUT2D eigenvalue weighted by Crippen LogP contribution is 2.69. The number of carbonyl (C=O) groups is 1. The molecular weight excluding hydrogens is 536 g/mol. The molecule has 243 valence electrons. The van der Waals surface area contributed by atoms with Crippen molar-refractivity contribution in [2.24, 2.45) is 52.3 Å². The Labute approximate surface area is 261 Å². The van der Waals surface area contributed by atoms with Crippen LogP contribution >= 0.6 is 0 Å². The molecular formula is C37H67O4Si. The second-order valence-corrected chi connectivity index (χ2v) is 21.5. The molecule has 0 bridgehead atoms. The van der Waals surface area contributed by atoms with Crippen molar-refractivity contribution in [3.8, 4) is 0 Å². The van der Waals surface area contributed by atoms with Crippen molar-refractivity contribution in [3.63, 3.8) is 0 Å². The van der Waals surface area contributed by atoms with Gasteiger partial charge in [0.1, 0.15) is 0 Å². The van der Waals surface area contributed by atoms with Crippen LogP contribution in [0.4, 0.5) is 0 Å². The molecule has 1 N–H and O–H groups in total. The minimum Gasteiger partial charge on any atom is -0.465 e. The fourth-order valence-electron chi connectivity index (χ4n) is 11.4. The molecule has 0 aromatic carbocycles. The number of aliphatic hydroxyl groups is 1. The van der Waals surface area contributed by atoms with E-state index in [2.05, 4.69) is 55.4 Å². The highest BCUT2D eigenvalue weighted by molar-refractivity contribution is 6.56. The van der Waals surface area contributed by atoms with Gasteiger partial charge in [-0.15, -0.1) is 0 Å². The van der Waals surface area contributed by atoms with Crippen LogP contribution in [0.25, 0.3) is 0 Å². The third kappa shape index (κ3) is 7.03. The SMILES string of the molecule is CC(=O)OCC1[C@@H](O[Si](C(C)C)C(C)(C)C)CC[C@@]2(C)[C@H]1CC[C@@H]1[C@@H]2CC[C@]2(C)[C@@H]([C@H](C)CCCC(C)(C)O)CC[C@@H]12. The van der Waals surface area contributed by atoms with Crippen LogP contribution in [0.15, 0.2) is 0 Å². The maximum atomic E-state index is 12.0. The Hall–Kier alpha value is -0.393. The smallest absolute Gasteiger partial charge is 0.302 e. The number of ether oxygens (including phenoxy) is 1. The van der Waals surface area contributed by atoms with Crippen LogP contribution in [0.1, 0.15) is 147 Å². The maximum absolute atomic E-state index is 12.0. The monoisotopic (exact) mass is 603 g/mol. The summed E-state index contributed by atoms with van der Waals surface area (Å²) in [6.45, 7) is 25.5. The Kier molecular flexibility index (Phi) is 10.5. The molecule has 4 rings (SSSR count). The molecule has 4 nitrogen and oxygen atoms in total. The van der Waals surface area contributed by atoms with Gasteiger partial charge in [-0.3, -0.25) is 4.79 Å². The van der Waals surface area contributed by atoms with Crippen molar-refractivity contribution < 1.29 is 19.1 Å². The quantitative estimate of drug-likeness (QED) is 0.199. The zero-order valence-corrected chi connectivity index (χ0v) is 30.4. The Morgan fingerprint density at radius 2 is 1.52 bits per heavy atom. The van der Waals surface area contributed by atoms with Gasteiger partial charge < -0.3 is 14.3 Å². The Morgan fingerprint density at radius 1 is 0.905 bits per heavy atom. The van der Waals surface area contributed by atoms with Crippen LogP contribution in [0.2, 0.25) is 10.6 Å². The number of fused-ring (bicyclic) bond motifs is 5. The summed E-state index contributed by atoms with van der Waals surface area (Å²) in [7, 11) is -1.03. The van der Waals surface area contributed by atoms with Crippen LogP contribution in [0, 0.1) is 52.3 Å². The Morgan fingerprint density at radius 3 is 2.12 bits per heavy atom. The van der Waals surface area contributed by atoms with Crippen LogP contribution < -0.4 is 0 Å². The Balaban J connectivity index is 1.51. The van der Waals surface area contributed by atoms with Gasteiger partial charge in [0.2, 0.25) is 9.04 Å². The van der Waals surface area contributed by atoms with E-state index in [1.165, 1.54) is 51.4 Å². The molecule has 10 atom stereocenters. The van der Waals surface area contributed by atoms with Crippen molar-refractivity contribution in [1.82, 2.24) is 0 Å². The van der Waals surface area contributed by atoms with E-state index in [0.717, 1.165) is 48.9 Å². The molecule has 4 aliphatic rings. The molecule has 4 fully saturated rings. The van der Waals surface area contributed by atoms with Gasteiger partial charge in [0, 0.05) is 12.8 Å². The lowest BCUT2D eigenvalue weighted by molar-refractivity contribution is -0.167. The first-order valence-corrected chi connectivity index (χ1v) is 19.3. The van der Waals surface area contributed by atoms with Gasteiger partial charge >= 0.3 is 5.97 Å². The van der Waals surface area contributed by atoms with Crippen molar-refractivity contribution >= 4 is 15.0 Å². The fourth-order valence-corrected chi connectivity index (χ4v) is 14.4. The third-order valence-corrected chi connectivity index (χ3v) is 16.2. The highest BCUT2D eigenvalue weighted by atomic mass is 28.3. The highest BCUT2D eigenvalue weighted by Gasteiger charge is 2.62. The van der Waals surface area contributed by atoms with Crippen molar-refractivity contribution in [2.75, 3.05) is 6.61 Å². The van der Waals surface area contributed by atoms with Gasteiger partial charge in [-0.25, -0.2) is 0 Å². The molecule has 1 radical (unpaired) electrons. The van der Waals surface area contributed by atoms with Gasteiger partial charge in [-0.2, -0.15) is 0 Å². The van der Waals surface area contributed by atoms with E-state index in [9.17, 15) is 9.90 Å². The number of hydrogen-bond acceptors (Lipinski definition) is 4. The topological polar surface area (TPSA) is 55.8 Å². The first-order chi connectivity index (χ1) is 19.4. The summed E-state index contributed by atoms with van der Waals surface area (Å²) in [4.78, 5) is 12.0. The molecule has 1 unspecified atom stereocenters. The summed E-state index contributed by atoms with van der Waals surface area (Å²) in [5.74, 6) is 4.80. The van der Waals surface area contributed by atoms with E-state index in [4.69, 9.17) is 9.16 Å². The minimum atomic E-state index is -1.03. The van der Waals surface area contributed by atoms with E-state index >= 15 is 0 Å². The number of carbonyl (C=O) groups excluding carboxylic acids is 1. The second-order valence-electron chi connectivity index (χ2n) is 17.9. The lowest BCUT2D eigenvalue weighted by atomic mass is 9.43. The summed E-state index contributed by atoms with van der Waals surface area (Å²) in [5.41, 5.74) is 0.794. The minimum absolute atomic E-state index is 0.151. The van der Waals surface area contributed by atoms with Gasteiger partial charge in [0.25, 0.3) is 0 Å². The lowest BCUT2D eigenvalue weighted by Gasteiger charge is -2.63. The number of esters is 1. The number of hydrogen-bond donors (Lipinski definition) is 1. The van der Waals surface area contributed by atoms with Crippen molar-refractivity contribution in [2.45, 2.75) is 169 Å². The molecule has 0 aromatic heterocycles. The van der Waals surface area contributed by atoms with Gasteiger partial charge in [-0.1, -0.05) is 68.2 Å². The van der Waals surface area contributed by atoms with Crippen LogP contribution in [-0.2, 0) is 14.0 Å². The van der Waals surface area contributed by atoms with Crippen molar-refractivity contribution in [1.29, 1.82) is 0 Å². The van der Waals surface area contributed by atoms with Crippen LogP contribution in [0.3, 0.4) is 0 Å². The maximum Gasteiger partial charge on any atom is 0.302 e. The standard InChI is InChI=1S/C37H67O4Si/c1-24(2)42(34(5,6)7)41-33-19-22-37(11)31(28(33)23-40-26(4)38)15-14-27-30-17-16-29(36(30,10)21-18-32(27)37)25(3)13-12-20-35(8,9)39/h24-25,27-33,39H,12-23H2,1-11H3/t25-,27+,28?,29-,30+,31+,32+,33+,36-,37+/m1/s1. The zero-order valence-electron chi connectivity index (χ0n) is 29.4. The predicted octanol–water partition coefficient (Wildman–Crippen LogP) is 9.60. The molecule has 5 heteroatoms. The summed E-state index contributed by atoms with van der Waals surface area (Å²) in [6, 6.07) is 0. The lowest BCUT2D eigenvalue weighted by Crippen LogP contribution is -2.58. The first kappa shape index (κ1) is 34.5. The molecule has 42 heavy (non-hydrogen) atoms. The third-order valence-electron chi connectivity index (χ3n) is 13.1. The molecule has 0 spiro atoms. The largest absolute Gasteiger partial charge is 0.465 e. The molecule has 0 amide bonds. The fraction of sp³-hybridized carbons (Fsp3) is 0.973. The normalized spacial score (nSPS) is 39.5. The average molecular weight is 604 g/mol. The van der Waals surface area contributed by atoms with E-state index < -0.39 is 14.6 Å². The van der Waals surface area contributed by atoms with Crippen LogP contribution in [-0.4, -0.2) is 38.4 Å². The van der Waals surface area contributed by atoms with Gasteiger partial charge in [-0.05, 0) is 129 Å². The van der Waals surface area contributed by atoms with E-state index in [1.807, 2.05) is 13.8 Å². The number of rotatable bonds is 10. The van der Waals surface area contributed by atoms with E-state index in [0.29, 0.717) is 34.8 Å². The molecule has 0 heterocycles. The zero-order chi connectivity index (χ0) is 31.3. The van der Waals surface area contributed by atoms with E-state index in [-0.39, 0.29) is 17.1 Å². The van der Waals surface area contributed by atoms with E-state index in [1.54, 1.807) is 6.92 Å². The molecule has 0 aliphatic heterocycles. The summed E-state index contributed by atoms with van der Waals surface area (Å²) < 4.78 is 13.0. The van der Waals surface area contributed by atoms with Gasteiger partial charge in [0.05, 0.1) is 18.3 Å². The summed E-state index contributed by atoms with van der Waals surface area (Å²) in [5, 5.41) is 10.4. The molecule has 0 aromatic rings. The molecule has 4 saturated carbocycles. The average Bonchev–Trinajstić information content (AvgIpc) is 3.21. The molecule has 4 aliphatic carbocycles. The van der Waals surface area contributed by atoms with Crippen LogP contribution in [0.5, 0.6) is 0 Å². The van der Waals surface area contributed by atoms with Crippen molar-refractivity contribution in [3.05, 3.63) is 0 Å².